The van der Waals surface area contributed by atoms with Crippen molar-refractivity contribution in [3.63, 3.8) is 0 Å². The number of carbonyl (C=O) groups excluding carboxylic acids is 2. The van der Waals surface area contributed by atoms with Crippen molar-refractivity contribution in [2.75, 3.05) is 0 Å². The molecule has 3 N–H and O–H groups in total. The van der Waals surface area contributed by atoms with Crippen molar-refractivity contribution in [2.24, 2.45) is 11.8 Å². The highest BCUT2D eigenvalue weighted by molar-refractivity contribution is 5.96. The third-order valence-corrected chi connectivity index (χ3v) is 4.11. The van der Waals surface area contributed by atoms with Gasteiger partial charge in [-0.05, 0) is 24.5 Å². The third kappa shape index (κ3) is 3.48. The zero-order valence-corrected chi connectivity index (χ0v) is 13.5. The van der Waals surface area contributed by atoms with E-state index in [0.717, 1.165) is 29.4 Å². The maximum Gasteiger partial charge on any atom is 0.418 e. The first kappa shape index (κ1) is 17.8. The summed E-state index contributed by atoms with van der Waals surface area (Å²) in [6.07, 6.45) is -3.02. The van der Waals surface area contributed by atoms with Gasteiger partial charge < -0.3 is 5.11 Å². The number of hydrazine groups is 1. The van der Waals surface area contributed by atoms with E-state index >= 15 is 0 Å². The molecule has 0 unspecified atom stereocenters. The molecule has 2 aromatic rings. The molecule has 1 fully saturated rings. The Morgan fingerprint density at radius 3 is 2.54 bits per heavy atom. The van der Waals surface area contributed by atoms with Gasteiger partial charge in [0.15, 0.2) is 11.4 Å². The van der Waals surface area contributed by atoms with Crippen molar-refractivity contribution < 1.29 is 27.9 Å². The van der Waals surface area contributed by atoms with Crippen LogP contribution >= 0.6 is 0 Å². The predicted molar refractivity (Wildman–Crippen MR) is 83.1 cm³/mol. The molecule has 26 heavy (non-hydrogen) atoms. The topological polar surface area (TPSA) is 96.3 Å². The van der Waals surface area contributed by atoms with Gasteiger partial charge in [-0.3, -0.25) is 20.4 Å². The minimum Gasteiger partial charge on any atom is -0.504 e. The number of nitrogens with zero attached hydrogens (tertiary/aromatic N) is 2. The lowest BCUT2D eigenvalue weighted by atomic mass is 10.2. The molecular formula is C16H15F3N4O3. The Labute approximate surface area is 145 Å². The number of nitrogens with one attached hydrogen (secondary N) is 2. The Kier molecular flexibility index (Phi) is 4.34. The van der Waals surface area contributed by atoms with Crippen LogP contribution in [0.1, 0.15) is 29.4 Å². The smallest absolute Gasteiger partial charge is 0.418 e. The second-order valence-electron chi connectivity index (χ2n) is 6.09. The second-order valence-corrected chi connectivity index (χ2v) is 6.09. The summed E-state index contributed by atoms with van der Waals surface area (Å²) in [6, 6.07) is 4.62. The molecule has 0 radical (unpaired) electrons. The van der Waals surface area contributed by atoms with Gasteiger partial charge >= 0.3 is 6.18 Å². The Bertz CT molecular complexity index is 863. The maximum atomic E-state index is 13.1. The van der Waals surface area contributed by atoms with E-state index in [2.05, 4.69) is 16.0 Å². The molecule has 0 bridgehead atoms. The normalized spacial score (nSPS) is 19.1. The summed E-state index contributed by atoms with van der Waals surface area (Å²) in [5.41, 5.74) is 2.48. The highest BCUT2D eigenvalue weighted by Crippen LogP contribution is 2.37. The van der Waals surface area contributed by atoms with Gasteiger partial charge in [0, 0.05) is 5.92 Å². The Morgan fingerprint density at radius 1 is 1.27 bits per heavy atom. The number of carbonyl (C=O) groups is 2. The first-order valence-corrected chi connectivity index (χ1v) is 7.74. The van der Waals surface area contributed by atoms with Crippen LogP contribution in [0.4, 0.5) is 13.2 Å². The van der Waals surface area contributed by atoms with Gasteiger partial charge in [0.05, 0.1) is 17.4 Å². The molecule has 3 rings (SSSR count). The molecule has 2 atom stereocenters. The van der Waals surface area contributed by atoms with Crippen LogP contribution in [0.5, 0.6) is 5.75 Å². The van der Waals surface area contributed by atoms with E-state index in [-0.39, 0.29) is 23.4 Å². The summed E-state index contributed by atoms with van der Waals surface area (Å²) in [4.78, 5) is 23.7. The van der Waals surface area contributed by atoms with Crippen molar-refractivity contribution in [3.8, 4) is 11.4 Å². The fraction of sp³-hybridized carbons (Fsp3) is 0.312. The minimum absolute atomic E-state index is 0.180. The van der Waals surface area contributed by atoms with Gasteiger partial charge in [0.1, 0.15) is 0 Å². The van der Waals surface area contributed by atoms with E-state index in [1.54, 1.807) is 0 Å². The summed E-state index contributed by atoms with van der Waals surface area (Å²) < 4.78 is 40.0. The van der Waals surface area contributed by atoms with Crippen LogP contribution in [-0.4, -0.2) is 26.7 Å². The molecule has 1 aromatic heterocycles. The van der Waals surface area contributed by atoms with Gasteiger partial charge in [0.25, 0.3) is 5.91 Å². The van der Waals surface area contributed by atoms with Gasteiger partial charge in [-0.25, -0.2) is 4.68 Å². The summed E-state index contributed by atoms with van der Waals surface area (Å²) in [7, 11) is 0. The molecule has 2 amide bonds. The van der Waals surface area contributed by atoms with Gasteiger partial charge in [-0.2, -0.15) is 18.3 Å². The highest BCUT2D eigenvalue weighted by Gasteiger charge is 2.39. The van der Waals surface area contributed by atoms with E-state index in [1.807, 2.05) is 6.92 Å². The number of para-hydroxylation sites is 1. The number of benzene rings is 1. The lowest BCUT2D eigenvalue weighted by molar-refractivity contribution is -0.137. The molecule has 7 nitrogen and oxygen atoms in total. The molecule has 10 heteroatoms. The maximum absolute atomic E-state index is 13.1. The van der Waals surface area contributed by atoms with E-state index < -0.39 is 29.1 Å². The standard InChI is InChI=1S/C16H15F3N4O3/c1-8-6-9(8)14(25)20-21-15(26)13-12(24)7-23(22-13)11-5-3-2-4-10(11)16(17,18)19/h2-5,7-9,24H,6H2,1H3,(H,20,25)(H,21,26)/t8-,9+/m1/s1. The minimum atomic E-state index is -4.63. The molecule has 0 spiro atoms. The number of amides is 2. The van der Waals surface area contributed by atoms with Gasteiger partial charge in [-0.1, -0.05) is 19.1 Å². The molecule has 138 valence electrons. The fourth-order valence-corrected chi connectivity index (χ4v) is 2.52. The third-order valence-electron chi connectivity index (χ3n) is 4.11. The Balaban J connectivity index is 1.79. The second kappa shape index (κ2) is 6.36. The van der Waals surface area contributed by atoms with Crippen molar-refractivity contribution in [1.82, 2.24) is 20.6 Å². The summed E-state index contributed by atoms with van der Waals surface area (Å²) >= 11 is 0. The van der Waals surface area contributed by atoms with Gasteiger partial charge in [0.2, 0.25) is 5.91 Å². The van der Waals surface area contributed by atoms with Crippen molar-refractivity contribution >= 4 is 11.8 Å². The number of aromatic hydroxyl groups is 1. The van der Waals surface area contributed by atoms with Gasteiger partial charge in [-0.15, -0.1) is 0 Å². The zero-order valence-electron chi connectivity index (χ0n) is 13.5. The van der Waals surface area contributed by atoms with Crippen molar-refractivity contribution in [1.29, 1.82) is 0 Å². The monoisotopic (exact) mass is 368 g/mol. The fourth-order valence-electron chi connectivity index (χ4n) is 2.52. The average molecular weight is 368 g/mol. The van der Waals surface area contributed by atoms with Crippen LogP contribution in [-0.2, 0) is 11.0 Å². The summed E-state index contributed by atoms with van der Waals surface area (Å²) in [5.74, 6) is -1.87. The summed E-state index contributed by atoms with van der Waals surface area (Å²) in [5, 5.41) is 13.6. The molecule has 0 aliphatic heterocycles. The number of hydrogen-bond acceptors (Lipinski definition) is 4. The van der Waals surface area contributed by atoms with Crippen LogP contribution in [0, 0.1) is 11.8 Å². The van der Waals surface area contributed by atoms with E-state index in [4.69, 9.17) is 0 Å². The van der Waals surface area contributed by atoms with Crippen LogP contribution in [0.2, 0.25) is 0 Å². The van der Waals surface area contributed by atoms with Crippen LogP contribution in [0.15, 0.2) is 30.5 Å². The highest BCUT2D eigenvalue weighted by atomic mass is 19.4. The predicted octanol–water partition coefficient (Wildman–Crippen LogP) is 2.01. The lowest BCUT2D eigenvalue weighted by Crippen LogP contribution is -2.42. The largest absolute Gasteiger partial charge is 0.504 e. The lowest BCUT2D eigenvalue weighted by Gasteiger charge is -2.12. The number of aromatic nitrogens is 2. The van der Waals surface area contributed by atoms with Crippen LogP contribution in [0.25, 0.3) is 5.69 Å². The van der Waals surface area contributed by atoms with Crippen molar-refractivity contribution in [2.45, 2.75) is 19.5 Å². The van der Waals surface area contributed by atoms with E-state index in [9.17, 15) is 27.9 Å². The van der Waals surface area contributed by atoms with Crippen molar-refractivity contribution in [3.05, 3.63) is 41.7 Å². The molecular weight excluding hydrogens is 353 g/mol. The van der Waals surface area contributed by atoms with Crippen LogP contribution < -0.4 is 10.9 Å². The van der Waals surface area contributed by atoms with E-state index in [0.29, 0.717) is 0 Å². The number of alkyl halides is 3. The zero-order chi connectivity index (χ0) is 19.1. The van der Waals surface area contributed by atoms with E-state index in [1.165, 1.54) is 12.1 Å². The first-order valence-electron chi connectivity index (χ1n) is 7.74. The summed E-state index contributed by atoms with van der Waals surface area (Å²) in [6.45, 7) is 1.89. The first-order chi connectivity index (χ1) is 12.2. The quantitative estimate of drug-likeness (QED) is 0.722. The molecule has 1 aliphatic carbocycles. The van der Waals surface area contributed by atoms with Crippen LogP contribution in [0.3, 0.4) is 0 Å². The number of hydrogen-bond donors (Lipinski definition) is 3. The Morgan fingerprint density at radius 2 is 1.92 bits per heavy atom. The number of halogens is 3. The number of rotatable bonds is 3. The SMILES string of the molecule is C[C@@H]1C[C@@H]1C(=O)NNC(=O)c1nn(-c2ccccc2C(F)(F)F)cc1O. The Hall–Kier alpha value is -3.04. The molecule has 1 aliphatic rings. The molecule has 1 heterocycles. The average Bonchev–Trinajstić information content (AvgIpc) is 3.19. The molecule has 0 saturated heterocycles. The molecule has 1 saturated carbocycles. The molecule has 1 aromatic carbocycles.